The Balaban J connectivity index is 1.78. The Labute approximate surface area is 122 Å². The molecule has 0 saturated heterocycles. The molecule has 0 atom stereocenters. The standard InChI is InChI=1S/C17H14O4/c18-16(20-13-14-7-3-1-4-8-14)11-12-17(19)21-15-9-5-2-6-10-15/h1-12H,13H2/b12-11+. The molecule has 0 radical (unpaired) electrons. The molecule has 0 aliphatic carbocycles. The van der Waals surface area contributed by atoms with E-state index in [2.05, 4.69) is 0 Å². The Kier molecular flexibility index (Phi) is 5.29. The van der Waals surface area contributed by atoms with Crippen molar-refractivity contribution in [1.29, 1.82) is 0 Å². The van der Waals surface area contributed by atoms with Crippen molar-refractivity contribution < 1.29 is 19.1 Å². The topological polar surface area (TPSA) is 52.6 Å². The van der Waals surface area contributed by atoms with Gasteiger partial charge in [-0.2, -0.15) is 0 Å². The van der Waals surface area contributed by atoms with E-state index in [9.17, 15) is 9.59 Å². The molecule has 0 aliphatic heterocycles. The summed E-state index contributed by atoms with van der Waals surface area (Å²) in [7, 11) is 0. The summed E-state index contributed by atoms with van der Waals surface area (Å²) in [6.07, 6.45) is 2.09. The largest absolute Gasteiger partial charge is 0.458 e. The minimum Gasteiger partial charge on any atom is -0.458 e. The quantitative estimate of drug-likeness (QED) is 0.480. The molecule has 0 spiro atoms. The molecule has 0 unspecified atom stereocenters. The van der Waals surface area contributed by atoms with E-state index < -0.39 is 11.9 Å². The molecule has 0 saturated carbocycles. The summed E-state index contributed by atoms with van der Waals surface area (Å²) < 4.78 is 9.99. The third kappa shape index (κ3) is 5.32. The van der Waals surface area contributed by atoms with Gasteiger partial charge in [0.25, 0.3) is 0 Å². The summed E-state index contributed by atoms with van der Waals surface area (Å²) in [5.74, 6) is -0.800. The van der Waals surface area contributed by atoms with E-state index in [4.69, 9.17) is 9.47 Å². The first kappa shape index (κ1) is 14.5. The van der Waals surface area contributed by atoms with Crippen LogP contribution in [0.25, 0.3) is 0 Å². The smallest absolute Gasteiger partial charge is 0.336 e. The Morgan fingerprint density at radius 1 is 0.810 bits per heavy atom. The number of rotatable bonds is 5. The zero-order chi connectivity index (χ0) is 14.9. The first-order chi connectivity index (χ1) is 10.2. The van der Waals surface area contributed by atoms with Gasteiger partial charge in [0.1, 0.15) is 12.4 Å². The van der Waals surface area contributed by atoms with Gasteiger partial charge in [0.05, 0.1) is 0 Å². The summed E-state index contributed by atoms with van der Waals surface area (Å²) in [4.78, 5) is 22.9. The Bertz CT molecular complexity index is 618. The van der Waals surface area contributed by atoms with Crippen molar-refractivity contribution in [3.8, 4) is 5.75 Å². The average Bonchev–Trinajstić information content (AvgIpc) is 2.53. The van der Waals surface area contributed by atoms with Crippen molar-refractivity contribution in [3.05, 3.63) is 78.4 Å². The van der Waals surface area contributed by atoms with Gasteiger partial charge < -0.3 is 9.47 Å². The van der Waals surface area contributed by atoms with Crippen LogP contribution >= 0.6 is 0 Å². The number of para-hydroxylation sites is 1. The highest BCUT2D eigenvalue weighted by Crippen LogP contribution is 2.08. The maximum atomic E-state index is 11.5. The molecule has 21 heavy (non-hydrogen) atoms. The van der Waals surface area contributed by atoms with Gasteiger partial charge in [-0.3, -0.25) is 0 Å². The number of benzene rings is 2. The molecule has 106 valence electrons. The summed E-state index contributed by atoms with van der Waals surface area (Å²) in [5, 5.41) is 0. The van der Waals surface area contributed by atoms with E-state index in [1.54, 1.807) is 24.3 Å². The molecule has 0 heterocycles. The average molecular weight is 282 g/mol. The fourth-order valence-corrected chi connectivity index (χ4v) is 1.55. The summed E-state index contributed by atoms with van der Waals surface area (Å²) in [5.41, 5.74) is 0.881. The summed E-state index contributed by atoms with van der Waals surface area (Å²) in [6, 6.07) is 17.9. The van der Waals surface area contributed by atoms with Crippen LogP contribution < -0.4 is 4.74 Å². The van der Waals surface area contributed by atoms with E-state index in [0.717, 1.165) is 17.7 Å². The fraction of sp³-hybridized carbons (Fsp3) is 0.0588. The minimum absolute atomic E-state index is 0.164. The highest BCUT2D eigenvalue weighted by atomic mass is 16.5. The predicted molar refractivity (Wildman–Crippen MR) is 77.5 cm³/mol. The van der Waals surface area contributed by atoms with Crippen molar-refractivity contribution >= 4 is 11.9 Å². The zero-order valence-corrected chi connectivity index (χ0v) is 11.3. The van der Waals surface area contributed by atoms with Crippen molar-refractivity contribution in [2.45, 2.75) is 6.61 Å². The van der Waals surface area contributed by atoms with Gasteiger partial charge in [-0.15, -0.1) is 0 Å². The second kappa shape index (κ2) is 7.65. The van der Waals surface area contributed by atoms with Crippen LogP contribution in [0, 0.1) is 0 Å². The van der Waals surface area contributed by atoms with Gasteiger partial charge >= 0.3 is 11.9 Å². The van der Waals surface area contributed by atoms with Crippen LogP contribution in [0.1, 0.15) is 5.56 Å². The molecule has 4 heteroatoms. The lowest BCUT2D eigenvalue weighted by atomic mass is 10.2. The highest BCUT2D eigenvalue weighted by Gasteiger charge is 2.02. The van der Waals surface area contributed by atoms with Crippen LogP contribution in [0.3, 0.4) is 0 Å². The van der Waals surface area contributed by atoms with Crippen LogP contribution in [0.4, 0.5) is 0 Å². The molecular formula is C17H14O4. The van der Waals surface area contributed by atoms with Crippen molar-refractivity contribution in [2.24, 2.45) is 0 Å². The van der Waals surface area contributed by atoms with E-state index >= 15 is 0 Å². The molecule has 2 rings (SSSR count). The lowest BCUT2D eigenvalue weighted by Crippen LogP contribution is -2.06. The van der Waals surface area contributed by atoms with Gasteiger partial charge in [0, 0.05) is 12.2 Å². The molecular weight excluding hydrogens is 268 g/mol. The highest BCUT2D eigenvalue weighted by molar-refractivity contribution is 5.92. The second-order valence-electron chi connectivity index (χ2n) is 4.16. The predicted octanol–water partition coefficient (Wildman–Crippen LogP) is 2.89. The Hall–Kier alpha value is -2.88. The van der Waals surface area contributed by atoms with Crippen molar-refractivity contribution in [2.75, 3.05) is 0 Å². The second-order valence-corrected chi connectivity index (χ2v) is 4.16. The van der Waals surface area contributed by atoms with Crippen molar-refractivity contribution in [1.82, 2.24) is 0 Å². The molecule has 0 amide bonds. The number of hydrogen-bond donors (Lipinski definition) is 0. The van der Waals surface area contributed by atoms with Crippen molar-refractivity contribution in [3.63, 3.8) is 0 Å². The normalized spacial score (nSPS) is 10.3. The number of hydrogen-bond acceptors (Lipinski definition) is 4. The van der Waals surface area contributed by atoms with Gasteiger partial charge in [0.15, 0.2) is 0 Å². The lowest BCUT2D eigenvalue weighted by Gasteiger charge is -2.02. The fourth-order valence-electron chi connectivity index (χ4n) is 1.55. The van der Waals surface area contributed by atoms with Crippen LogP contribution in [0.15, 0.2) is 72.8 Å². The first-order valence-corrected chi connectivity index (χ1v) is 6.39. The van der Waals surface area contributed by atoms with Crippen LogP contribution in [0.2, 0.25) is 0 Å². The zero-order valence-electron chi connectivity index (χ0n) is 11.3. The number of ether oxygens (including phenoxy) is 2. The number of carbonyl (C=O) groups is 2. The van der Waals surface area contributed by atoms with Crippen LogP contribution in [-0.2, 0) is 20.9 Å². The maximum Gasteiger partial charge on any atom is 0.336 e. The SMILES string of the molecule is O=C(/C=C/C(=O)Oc1ccccc1)OCc1ccccc1. The summed E-state index contributed by atoms with van der Waals surface area (Å²) >= 11 is 0. The van der Waals surface area contributed by atoms with E-state index in [0.29, 0.717) is 5.75 Å². The molecule has 4 nitrogen and oxygen atoms in total. The van der Waals surface area contributed by atoms with Crippen LogP contribution in [0.5, 0.6) is 5.75 Å². The maximum absolute atomic E-state index is 11.5. The number of carbonyl (C=O) groups excluding carboxylic acids is 2. The first-order valence-electron chi connectivity index (χ1n) is 6.39. The lowest BCUT2D eigenvalue weighted by molar-refractivity contribution is -0.139. The monoisotopic (exact) mass is 282 g/mol. The van der Waals surface area contributed by atoms with Gasteiger partial charge in [-0.1, -0.05) is 48.5 Å². The van der Waals surface area contributed by atoms with Gasteiger partial charge in [-0.25, -0.2) is 9.59 Å². The third-order valence-electron chi connectivity index (χ3n) is 2.54. The van der Waals surface area contributed by atoms with Gasteiger partial charge in [0.2, 0.25) is 0 Å². The third-order valence-corrected chi connectivity index (χ3v) is 2.54. The van der Waals surface area contributed by atoms with Gasteiger partial charge in [-0.05, 0) is 17.7 Å². The summed E-state index contributed by atoms with van der Waals surface area (Å²) in [6.45, 7) is 0.164. The molecule has 0 aromatic heterocycles. The van der Waals surface area contributed by atoms with E-state index in [1.807, 2.05) is 36.4 Å². The Morgan fingerprint density at radius 2 is 1.38 bits per heavy atom. The molecule has 2 aromatic carbocycles. The minimum atomic E-state index is -0.627. The molecule has 0 aliphatic rings. The molecule has 0 bridgehead atoms. The van der Waals surface area contributed by atoms with E-state index in [-0.39, 0.29) is 6.61 Å². The molecule has 0 N–H and O–H groups in total. The van der Waals surface area contributed by atoms with E-state index in [1.165, 1.54) is 0 Å². The molecule has 0 fully saturated rings. The Morgan fingerprint density at radius 3 is 2.05 bits per heavy atom. The molecule has 2 aromatic rings. The van der Waals surface area contributed by atoms with Crippen LogP contribution in [-0.4, -0.2) is 11.9 Å². The number of esters is 2.